The summed E-state index contributed by atoms with van der Waals surface area (Å²) < 4.78 is 43.9. The maximum Gasteiger partial charge on any atom is 0.416 e. The van der Waals surface area contributed by atoms with E-state index in [1.165, 1.54) is 13.0 Å². The fourth-order valence-corrected chi connectivity index (χ4v) is 1.90. The van der Waals surface area contributed by atoms with E-state index in [0.29, 0.717) is 11.3 Å². The van der Waals surface area contributed by atoms with E-state index < -0.39 is 17.8 Å². The summed E-state index contributed by atoms with van der Waals surface area (Å²) in [7, 11) is 0. The molecule has 0 aromatic heterocycles. The van der Waals surface area contributed by atoms with Crippen molar-refractivity contribution in [3.63, 3.8) is 0 Å². The van der Waals surface area contributed by atoms with Gasteiger partial charge in [-0.3, -0.25) is 0 Å². The van der Waals surface area contributed by atoms with Crippen molar-refractivity contribution in [3.8, 4) is 0 Å². The molecule has 2 rings (SSSR count). The van der Waals surface area contributed by atoms with Crippen molar-refractivity contribution in [2.75, 3.05) is 0 Å². The van der Waals surface area contributed by atoms with E-state index >= 15 is 0 Å². The lowest BCUT2D eigenvalue weighted by atomic mass is 9.99. The molecule has 1 aromatic carbocycles. The Labute approximate surface area is 108 Å². The van der Waals surface area contributed by atoms with E-state index in [2.05, 4.69) is 17.1 Å². The average molecular weight is 270 g/mol. The number of nitrogens with one attached hydrogen (secondary N) is 1. The van der Waals surface area contributed by atoms with Crippen molar-refractivity contribution in [1.82, 2.24) is 5.43 Å². The first-order chi connectivity index (χ1) is 8.79. The SMILES string of the molecule is C=C1NN=C(c2ccc(C)c(C(F)(F)F)c2)[C@H](C)O1. The predicted molar refractivity (Wildman–Crippen MR) is 65.5 cm³/mol. The van der Waals surface area contributed by atoms with Crippen LogP contribution in [0.5, 0.6) is 0 Å². The normalized spacial score (nSPS) is 19.5. The molecule has 19 heavy (non-hydrogen) atoms. The van der Waals surface area contributed by atoms with E-state index in [0.717, 1.165) is 6.07 Å². The van der Waals surface area contributed by atoms with Gasteiger partial charge in [-0.2, -0.15) is 18.3 Å². The molecular formula is C13H13F3N2O. The van der Waals surface area contributed by atoms with Gasteiger partial charge >= 0.3 is 6.18 Å². The van der Waals surface area contributed by atoms with Gasteiger partial charge in [0.15, 0.2) is 0 Å². The molecule has 1 aromatic rings. The number of hydrogen-bond donors (Lipinski definition) is 1. The second-order valence-electron chi connectivity index (χ2n) is 4.32. The summed E-state index contributed by atoms with van der Waals surface area (Å²) in [6.07, 6.45) is -4.83. The lowest BCUT2D eigenvalue weighted by Gasteiger charge is -2.24. The summed E-state index contributed by atoms with van der Waals surface area (Å²) in [6.45, 7) is 6.68. The van der Waals surface area contributed by atoms with Gasteiger partial charge in [-0.25, -0.2) is 5.43 Å². The van der Waals surface area contributed by atoms with E-state index in [1.54, 1.807) is 13.0 Å². The summed E-state index contributed by atoms with van der Waals surface area (Å²) in [6, 6.07) is 4.11. The molecule has 102 valence electrons. The number of rotatable bonds is 1. The van der Waals surface area contributed by atoms with Crippen LogP contribution in [0, 0.1) is 6.92 Å². The highest BCUT2D eigenvalue weighted by Gasteiger charge is 2.33. The number of hydrogen-bond acceptors (Lipinski definition) is 3. The van der Waals surface area contributed by atoms with Crippen LogP contribution in [0.15, 0.2) is 35.8 Å². The van der Waals surface area contributed by atoms with Gasteiger partial charge in [-0.1, -0.05) is 12.1 Å². The van der Waals surface area contributed by atoms with Gasteiger partial charge < -0.3 is 4.74 Å². The molecular weight excluding hydrogens is 257 g/mol. The molecule has 0 saturated carbocycles. The van der Waals surface area contributed by atoms with E-state index in [1.807, 2.05) is 0 Å². The van der Waals surface area contributed by atoms with Crippen LogP contribution in [0.25, 0.3) is 0 Å². The molecule has 1 aliphatic rings. The number of nitrogens with zero attached hydrogens (tertiary/aromatic N) is 1. The Morgan fingerprint density at radius 3 is 2.63 bits per heavy atom. The first-order valence-corrected chi connectivity index (χ1v) is 5.66. The van der Waals surface area contributed by atoms with Gasteiger partial charge in [0.1, 0.15) is 11.8 Å². The van der Waals surface area contributed by atoms with Gasteiger partial charge in [0, 0.05) is 5.56 Å². The van der Waals surface area contributed by atoms with Crippen LogP contribution in [0.4, 0.5) is 13.2 Å². The minimum absolute atomic E-state index is 0.179. The highest BCUT2D eigenvalue weighted by molar-refractivity contribution is 6.04. The van der Waals surface area contributed by atoms with Crippen molar-refractivity contribution in [2.24, 2.45) is 5.10 Å². The Bertz CT molecular complexity index is 549. The highest BCUT2D eigenvalue weighted by atomic mass is 19.4. The summed E-state index contributed by atoms with van der Waals surface area (Å²) in [4.78, 5) is 0. The molecule has 1 atom stereocenters. The summed E-state index contributed by atoms with van der Waals surface area (Å²) in [5.41, 5.74) is 2.84. The number of alkyl halides is 3. The van der Waals surface area contributed by atoms with Gasteiger partial charge in [-0.05, 0) is 32.1 Å². The quantitative estimate of drug-likeness (QED) is 0.850. The van der Waals surface area contributed by atoms with E-state index in [4.69, 9.17) is 4.74 Å². The van der Waals surface area contributed by atoms with E-state index in [9.17, 15) is 13.2 Å². The lowest BCUT2D eigenvalue weighted by Crippen LogP contribution is -2.32. The topological polar surface area (TPSA) is 33.6 Å². The van der Waals surface area contributed by atoms with Crippen molar-refractivity contribution in [1.29, 1.82) is 0 Å². The first kappa shape index (κ1) is 13.5. The molecule has 0 fully saturated rings. The Morgan fingerprint density at radius 1 is 1.37 bits per heavy atom. The molecule has 0 bridgehead atoms. The van der Waals surface area contributed by atoms with Crippen LogP contribution in [0.3, 0.4) is 0 Å². The second kappa shape index (κ2) is 4.60. The Kier molecular flexibility index (Phi) is 3.26. The van der Waals surface area contributed by atoms with Gasteiger partial charge in [0.25, 0.3) is 0 Å². The fraction of sp³-hybridized carbons (Fsp3) is 0.308. The summed E-state index contributed by atoms with van der Waals surface area (Å²) in [5.74, 6) is 0.277. The molecule has 0 amide bonds. The Hall–Kier alpha value is -1.98. The van der Waals surface area contributed by atoms with Crippen molar-refractivity contribution in [3.05, 3.63) is 47.4 Å². The maximum absolute atomic E-state index is 12.9. The largest absolute Gasteiger partial charge is 0.469 e. The molecule has 0 spiro atoms. The minimum atomic E-state index is -4.38. The molecule has 0 radical (unpaired) electrons. The molecule has 6 heteroatoms. The monoisotopic (exact) mass is 270 g/mol. The van der Waals surface area contributed by atoms with Gasteiger partial charge in [0.05, 0.1) is 5.56 Å². The minimum Gasteiger partial charge on any atom is -0.469 e. The van der Waals surface area contributed by atoms with Crippen LogP contribution in [0.1, 0.15) is 23.6 Å². The number of aryl methyl sites for hydroxylation is 1. The Morgan fingerprint density at radius 2 is 2.05 bits per heavy atom. The van der Waals surface area contributed by atoms with Crippen LogP contribution < -0.4 is 5.43 Å². The number of ether oxygens (including phenoxy) is 1. The van der Waals surface area contributed by atoms with Crippen LogP contribution in [0.2, 0.25) is 0 Å². The zero-order valence-electron chi connectivity index (χ0n) is 10.5. The second-order valence-corrected chi connectivity index (χ2v) is 4.32. The third-order valence-electron chi connectivity index (χ3n) is 2.84. The van der Waals surface area contributed by atoms with Crippen LogP contribution in [-0.4, -0.2) is 11.8 Å². The van der Waals surface area contributed by atoms with Gasteiger partial charge in [0.2, 0.25) is 5.88 Å². The van der Waals surface area contributed by atoms with Crippen molar-refractivity contribution in [2.45, 2.75) is 26.1 Å². The predicted octanol–water partition coefficient (Wildman–Crippen LogP) is 3.20. The smallest absolute Gasteiger partial charge is 0.416 e. The number of halogens is 3. The Balaban J connectivity index is 2.45. The van der Waals surface area contributed by atoms with E-state index in [-0.39, 0.29) is 11.4 Å². The fourth-order valence-electron chi connectivity index (χ4n) is 1.90. The number of benzene rings is 1. The standard InChI is InChI=1S/C13H13F3N2O/c1-7-4-5-10(6-11(7)13(14,15)16)12-8(2)19-9(3)17-18-12/h4-6,8,17H,3H2,1-2H3/t8-/m0/s1. The molecule has 1 heterocycles. The molecule has 0 aliphatic carbocycles. The summed E-state index contributed by atoms with van der Waals surface area (Å²) >= 11 is 0. The maximum atomic E-state index is 12.9. The van der Waals surface area contributed by atoms with Crippen molar-refractivity contribution >= 4 is 5.71 Å². The van der Waals surface area contributed by atoms with Gasteiger partial charge in [-0.15, -0.1) is 0 Å². The average Bonchev–Trinajstić information content (AvgIpc) is 2.29. The van der Waals surface area contributed by atoms with Crippen LogP contribution in [-0.2, 0) is 10.9 Å². The zero-order chi connectivity index (χ0) is 14.2. The van der Waals surface area contributed by atoms with Crippen molar-refractivity contribution < 1.29 is 17.9 Å². The highest BCUT2D eigenvalue weighted by Crippen LogP contribution is 2.32. The lowest BCUT2D eigenvalue weighted by molar-refractivity contribution is -0.138. The summed E-state index contributed by atoms with van der Waals surface area (Å²) in [5, 5.41) is 3.99. The molecule has 1 aliphatic heterocycles. The first-order valence-electron chi connectivity index (χ1n) is 5.66. The third-order valence-corrected chi connectivity index (χ3v) is 2.84. The molecule has 1 N–H and O–H groups in total. The molecule has 0 saturated heterocycles. The number of hydrazone groups is 1. The third kappa shape index (κ3) is 2.72. The zero-order valence-corrected chi connectivity index (χ0v) is 10.5. The molecule has 0 unspecified atom stereocenters. The van der Waals surface area contributed by atoms with Crippen LogP contribution >= 0.6 is 0 Å². The molecule has 3 nitrogen and oxygen atoms in total.